The lowest BCUT2D eigenvalue weighted by molar-refractivity contribution is 0.153. The van der Waals surface area contributed by atoms with Crippen LogP contribution in [0.15, 0.2) is 30.3 Å². The van der Waals surface area contributed by atoms with Crippen LogP contribution in [0.5, 0.6) is 0 Å². The largest absolute Gasteiger partial charge is 0.364 e. The third-order valence-electron chi connectivity index (χ3n) is 4.71. The van der Waals surface area contributed by atoms with Crippen molar-refractivity contribution < 1.29 is 4.74 Å². The predicted octanol–water partition coefficient (Wildman–Crippen LogP) is 5.43. The molecule has 25 heavy (non-hydrogen) atoms. The number of rotatable bonds is 6. The SMILES string of the molecule is CC(C)[Si](C#CC#CC#CCOCc1ccccc1)(C(C)C)C(C)C. The molecule has 2 heteroatoms. The highest BCUT2D eigenvalue weighted by Gasteiger charge is 2.41. The Morgan fingerprint density at radius 3 is 1.92 bits per heavy atom. The molecule has 0 bridgehead atoms. The van der Waals surface area contributed by atoms with E-state index in [1.807, 2.05) is 30.3 Å². The Balaban J connectivity index is 2.58. The zero-order chi connectivity index (χ0) is 18.7. The summed E-state index contributed by atoms with van der Waals surface area (Å²) in [5.41, 5.74) is 6.60. The smallest absolute Gasteiger partial charge is 0.147 e. The van der Waals surface area contributed by atoms with E-state index in [2.05, 4.69) is 76.7 Å². The van der Waals surface area contributed by atoms with Gasteiger partial charge in [-0.2, -0.15) is 0 Å². The Labute approximate surface area is 155 Å². The first-order valence-corrected chi connectivity index (χ1v) is 11.3. The molecule has 132 valence electrons. The topological polar surface area (TPSA) is 9.23 Å². The Hall–Kier alpha value is -1.92. The molecule has 0 saturated heterocycles. The number of ether oxygens (including phenoxy) is 1. The second-order valence-electron chi connectivity index (χ2n) is 7.18. The molecule has 0 aromatic heterocycles. The molecule has 0 amide bonds. The van der Waals surface area contributed by atoms with Gasteiger partial charge >= 0.3 is 0 Å². The third kappa shape index (κ3) is 6.47. The van der Waals surface area contributed by atoms with Gasteiger partial charge in [-0.1, -0.05) is 77.8 Å². The highest BCUT2D eigenvalue weighted by atomic mass is 28.3. The fraction of sp³-hybridized carbons (Fsp3) is 0.478. The molecule has 1 rings (SSSR count). The molecule has 0 radical (unpaired) electrons. The van der Waals surface area contributed by atoms with Crippen molar-refractivity contribution in [3.8, 4) is 35.1 Å². The molecular formula is C23H30OSi. The maximum atomic E-state index is 5.50. The van der Waals surface area contributed by atoms with Crippen LogP contribution in [0.3, 0.4) is 0 Å². The number of hydrogen-bond donors (Lipinski definition) is 0. The van der Waals surface area contributed by atoms with E-state index in [1.165, 1.54) is 0 Å². The van der Waals surface area contributed by atoms with Crippen molar-refractivity contribution in [3.05, 3.63) is 35.9 Å². The second kappa shape index (κ2) is 10.8. The van der Waals surface area contributed by atoms with E-state index in [0.29, 0.717) is 29.8 Å². The lowest BCUT2D eigenvalue weighted by Gasteiger charge is -2.37. The molecule has 0 saturated carbocycles. The average molecular weight is 351 g/mol. The van der Waals surface area contributed by atoms with Gasteiger partial charge in [0.2, 0.25) is 0 Å². The highest BCUT2D eigenvalue weighted by molar-refractivity contribution is 6.90. The minimum absolute atomic E-state index is 0.389. The Morgan fingerprint density at radius 1 is 0.800 bits per heavy atom. The summed E-state index contributed by atoms with van der Waals surface area (Å²) in [4.78, 5) is 0. The summed E-state index contributed by atoms with van der Waals surface area (Å²) in [6.45, 7) is 14.8. The Kier molecular flexibility index (Phi) is 9.16. The van der Waals surface area contributed by atoms with Gasteiger partial charge in [-0.15, -0.1) is 5.54 Å². The van der Waals surface area contributed by atoms with Gasteiger partial charge in [-0.25, -0.2) is 0 Å². The minimum atomic E-state index is -1.68. The fourth-order valence-electron chi connectivity index (χ4n) is 3.51. The molecule has 0 atom stereocenters. The van der Waals surface area contributed by atoms with E-state index in [1.54, 1.807) is 0 Å². The van der Waals surface area contributed by atoms with E-state index in [9.17, 15) is 0 Å². The molecule has 0 unspecified atom stereocenters. The summed E-state index contributed by atoms with van der Waals surface area (Å²) in [6.07, 6.45) is 0. The van der Waals surface area contributed by atoms with E-state index in [-0.39, 0.29) is 0 Å². The monoisotopic (exact) mass is 350 g/mol. The molecule has 0 aliphatic heterocycles. The lowest BCUT2D eigenvalue weighted by Crippen LogP contribution is -2.43. The van der Waals surface area contributed by atoms with Crippen molar-refractivity contribution in [2.45, 2.75) is 64.8 Å². The van der Waals surface area contributed by atoms with Crippen LogP contribution in [0.25, 0.3) is 0 Å². The molecule has 0 aliphatic carbocycles. The van der Waals surface area contributed by atoms with Crippen molar-refractivity contribution >= 4 is 8.07 Å². The van der Waals surface area contributed by atoms with Gasteiger partial charge in [0.15, 0.2) is 0 Å². The van der Waals surface area contributed by atoms with Crippen LogP contribution in [0.1, 0.15) is 47.1 Å². The van der Waals surface area contributed by atoms with Crippen molar-refractivity contribution in [1.29, 1.82) is 0 Å². The Morgan fingerprint density at radius 2 is 1.36 bits per heavy atom. The molecule has 0 spiro atoms. The van der Waals surface area contributed by atoms with Crippen LogP contribution in [-0.4, -0.2) is 14.7 Å². The number of benzene rings is 1. The highest BCUT2D eigenvalue weighted by Crippen LogP contribution is 2.40. The summed E-state index contributed by atoms with van der Waals surface area (Å²) in [5, 5.41) is 0. The van der Waals surface area contributed by atoms with Crippen molar-refractivity contribution in [2.75, 3.05) is 6.61 Å². The Bertz CT molecular complexity index is 675. The summed E-state index contributed by atoms with van der Waals surface area (Å²) < 4.78 is 5.50. The lowest BCUT2D eigenvalue weighted by atomic mass is 10.2. The molecule has 0 fully saturated rings. The van der Waals surface area contributed by atoms with Crippen LogP contribution in [0.4, 0.5) is 0 Å². The molecule has 0 aliphatic rings. The van der Waals surface area contributed by atoms with Gasteiger partial charge in [-0.05, 0) is 45.9 Å². The first-order chi connectivity index (χ1) is 11.9. The van der Waals surface area contributed by atoms with Gasteiger partial charge in [0.05, 0.1) is 6.61 Å². The zero-order valence-corrected chi connectivity index (χ0v) is 17.4. The molecule has 1 aromatic carbocycles. The van der Waals surface area contributed by atoms with E-state index >= 15 is 0 Å². The molecule has 1 aromatic rings. The van der Waals surface area contributed by atoms with Gasteiger partial charge in [0.25, 0.3) is 0 Å². The van der Waals surface area contributed by atoms with Crippen molar-refractivity contribution in [2.24, 2.45) is 0 Å². The van der Waals surface area contributed by atoms with Crippen LogP contribution in [0, 0.1) is 35.1 Å². The van der Waals surface area contributed by atoms with Crippen LogP contribution >= 0.6 is 0 Å². The standard InChI is InChI=1S/C23H30OSi/c1-20(2)25(21(3)4,22(5)6)18-14-9-7-8-13-17-24-19-23-15-11-10-12-16-23/h10-12,15-16,20-22H,17,19H2,1-6H3. The first kappa shape index (κ1) is 21.1. The van der Waals surface area contributed by atoms with Gasteiger partial charge in [0.1, 0.15) is 14.7 Å². The summed E-state index contributed by atoms with van der Waals surface area (Å²) in [6, 6.07) is 10.1. The minimum Gasteiger partial charge on any atom is -0.364 e. The molecule has 1 nitrogen and oxygen atoms in total. The quantitative estimate of drug-likeness (QED) is 0.377. The average Bonchev–Trinajstić information content (AvgIpc) is 2.56. The molecular weight excluding hydrogens is 320 g/mol. The van der Waals surface area contributed by atoms with Gasteiger partial charge < -0.3 is 4.74 Å². The van der Waals surface area contributed by atoms with E-state index in [0.717, 1.165) is 5.56 Å². The maximum absolute atomic E-state index is 5.50. The second-order valence-corrected chi connectivity index (χ2v) is 12.8. The van der Waals surface area contributed by atoms with Gasteiger partial charge in [0, 0.05) is 0 Å². The van der Waals surface area contributed by atoms with Crippen LogP contribution in [0.2, 0.25) is 16.6 Å². The maximum Gasteiger partial charge on any atom is 0.147 e. The van der Waals surface area contributed by atoms with E-state index < -0.39 is 8.07 Å². The first-order valence-electron chi connectivity index (χ1n) is 9.03. The summed E-state index contributed by atoms with van der Waals surface area (Å²) >= 11 is 0. The van der Waals surface area contributed by atoms with Crippen molar-refractivity contribution in [1.82, 2.24) is 0 Å². The van der Waals surface area contributed by atoms with Crippen LogP contribution < -0.4 is 0 Å². The summed E-state index contributed by atoms with van der Waals surface area (Å²) in [7, 11) is -1.68. The number of hydrogen-bond acceptors (Lipinski definition) is 1. The van der Waals surface area contributed by atoms with Crippen LogP contribution in [-0.2, 0) is 11.3 Å². The normalized spacial score (nSPS) is 10.6. The predicted molar refractivity (Wildman–Crippen MR) is 110 cm³/mol. The fourth-order valence-corrected chi connectivity index (χ4v) is 8.65. The summed E-state index contributed by atoms with van der Waals surface area (Å²) in [5.74, 6) is 14.6. The third-order valence-corrected chi connectivity index (χ3v) is 11.0. The van der Waals surface area contributed by atoms with E-state index in [4.69, 9.17) is 4.74 Å². The molecule has 0 N–H and O–H groups in total. The molecule has 0 heterocycles. The van der Waals surface area contributed by atoms with Crippen molar-refractivity contribution in [3.63, 3.8) is 0 Å². The zero-order valence-electron chi connectivity index (χ0n) is 16.4. The van der Waals surface area contributed by atoms with Gasteiger partial charge in [-0.3, -0.25) is 0 Å².